The summed E-state index contributed by atoms with van der Waals surface area (Å²) in [7, 11) is 0. The molecule has 0 saturated carbocycles. The van der Waals surface area contributed by atoms with Crippen LogP contribution in [0.15, 0.2) is 0 Å². The van der Waals surface area contributed by atoms with Crippen LogP contribution in [0.4, 0.5) is 0 Å². The van der Waals surface area contributed by atoms with Gasteiger partial charge in [-0.15, -0.1) is 0 Å². The quantitative estimate of drug-likeness (QED) is 0.726. The molecule has 2 saturated heterocycles. The molecule has 4 heteroatoms. The maximum absolute atomic E-state index is 9.14. The minimum absolute atomic E-state index is 0.287. The van der Waals surface area contributed by atoms with Crippen molar-refractivity contribution in [1.29, 1.82) is 0 Å². The molecule has 3 unspecified atom stereocenters. The van der Waals surface area contributed by atoms with Crippen molar-refractivity contribution in [2.45, 2.75) is 51.2 Å². The number of rotatable bonds is 6. The molecule has 0 bridgehead atoms. The van der Waals surface area contributed by atoms with E-state index in [2.05, 4.69) is 29.0 Å². The molecular weight excluding hydrogens is 226 g/mol. The van der Waals surface area contributed by atoms with Crippen molar-refractivity contribution in [2.75, 3.05) is 39.3 Å². The van der Waals surface area contributed by atoms with E-state index < -0.39 is 0 Å². The Morgan fingerprint density at radius 3 is 2.94 bits per heavy atom. The summed E-state index contributed by atoms with van der Waals surface area (Å²) in [4.78, 5) is 5.28. The summed E-state index contributed by atoms with van der Waals surface area (Å²) in [6.07, 6.45) is 3.61. The first kappa shape index (κ1) is 14.3. The Labute approximate surface area is 111 Å². The number of aliphatic hydroxyl groups excluding tert-OH is 1. The molecule has 2 fully saturated rings. The average molecular weight is 255 g/mol. The van der Waals surface area contributed by atoms with Gasteiger partial charge in [-0.1, -0.05) is 6.92 Å². The second-order valence-electron chi connectivity index (χ2n) is 5.86. The molecule has 2 heterocycles. The Hall–Kier alpha value is -0.160. The summed E-state index contributed by atoms with van der Waals surface area (Å²) in [6, 6.07) is 1.88. The fraction of sp³-hybridized carbons (Fsp3) is 1.00. The van der Waals surface area contributed by atoms with E-state index in [0.717, 1.165) is 25.6 Å². The van der Waals surface area contributed by atoms with Crippen LogP contribution in [0.25, 0.3) is 0 Å². The highest BCUT2D eigenvalue weighted by molar-refractivity contribution is 4.91. The molecule has 0 aromatic carbocycles. The van der Waals surface area contributed by atoms with Crippen LogP contribution >= 0.6 is 0 Å². The molecule has 18 heavy (non-hydrogen) atoms. The zero-order valence-corrected chi connectivity index (χ0v) is 11.9. The molecule has 2 rings (SSSR count). The number of piperazine rings is 1. The molecule has 3 atom stereocenters. The van der Waals surface area contributed by atoms with Gasteiger partial charge in [0.2, 0.25) is 0 Å². The Bertz CT molecular complexity index is 243. The first-order chi connectivity index (χ1) is 8.74. The van der Waals surface area contributed by atoms with Crippen molar-refractivity contribution >= 4 is 0 Å². The predicted molar refractivity (Wildman–Crippen MR) is 74.8 cm³/mol. The molecule has 2 aliphatic rings. The van der Waals surface area contributed by atoms with Crippen molar-refractivity contribution in [3.8, 4) is 0 Å². The zero-order chi connectivity index (χ0) is 13.0. The molecule has 0 radical (unpaired) electrons. The molecule has 0 aromatic rings. The molecule has 0 aromatic heterocycles. The maximum Gasteiger partial charge on any atom is 0.0446 e. The van der Waals surface area contributed by atoms with Crippen LogP contribution in [0.1, 0.15) is 33.1 Å². The minimum Gasteiger partial charge on any atom is -0.396 e. The number of aliphatic hydroxyl groups is 1. The molecule has 0 aliphatic carbocycles. The SMILES string of the molecule is CCNC(CCO)CN1CC2CCCN2CC1C. The van der Waals surface area contributed by atoms with Gasteiger partial charge in [-0.05, 0) is 39.3 Å². The van der Waals surface area contributed by atoms with Crippen molar-refractivity contribution in [3.63, 3.8) is 0 Å². The van der Waals surface area contributed by atoms with Crippen molar-refractivity contribution < 1.29 is 5.11 Å². The van der Waals surface area contributed by atoms with Crippen LogP contribution in [0.5, 0.6) is 0 Å². The number of hydrogen-bond acceptors (Lipinski definition) is 4. The van der Waals surface area contributed by atoms with Crippen LogP contribution in [0.3, 0.4) is 0 Å². The summed E-state index contributed by atoms with van der Waals surface area (Å²) in [5.41, 5.74) is 0. The monoisotopic (exact) mass is 255 g/mol. The van der Waals surface area contributed by atoms with Gasteiger partial charge < -0.3 is 10.4 Å². The average Bonchev–Trinajstić information content (AvgIpc) is 2.77. The molecule has 106 valence electrons. The van der Waals surface area contributed by atoms with E-state index in [0.29, 0.717) is 12.1 Å². The van der Waals surface area contributed by atoms with Crippen molar-refractivity contribution in [2.24, 2.45) is 0 Å². The fourth-order valence-corrected chi connectivity index (χ4v) is 3.49. The van der Waals surface area contributed by atoms with Crippen LogP contribution in [-0.4, -0.2) is 72.4 Å². The lowest BCUT2D eigenvalue weighted by atomic mass is 10.1. The maximum atomic E-state index is 9.14. The molecule has 0 amide bonds. The summed E-state index contributed by atoms with van der Waals surface area (Å²) in [5.74, 6) is 0. The Morgan fingerprint density at radius 2 is 2.22 bits per heavy atom. The summed E-state index contributed by atoms with van der Waals surface area (Å²) >= 11 is 0. The van der Waals surface area contributed by atoms with Crippen LogP contribution in [0.2, 0.25) is 0 Å². The third-order valence-corrected chi connectivity index (χ3v) is 4.49. The van der Waals surface area contributed by atoms with E-state index in [1.165, 1.54) is 32.5 Å². The highest BCUT2D eigenvalue weighted by Crippen LogP contribution is 2.24. The van der Waals surface area contributed by atoms with E-state index in [9.17, 15) is 0 Å². The highest BCUT2D eigenvalue weighted by atomic mass is 16.3. The van der Waals surface area contributed by atoms with E-state index in [1.807, 2.05) is 0 Å². The molecular formula is C14H29N3O. The Balaban J connectivity index is 1.86. The highest BCUT2D eigenvalue weighted by Gasteiger charge is 2.34. The van der Waals surface area contributed by atoms with Gasteiger partial charge in [0.25, 0.3) is 0 Å². The van der Waals surface area contributed by atoms with E-state index >= 15 is 0 Å². The van der Waals surface area contributed by atoms with Crippen molar-refractivity contribution in [3.05, 3.63) is 0 Å². The lowest BCUT2D eigenvalue weighted by molar-refractivity contribution is 0.0503. The fourth-order valence-electron chi connectivity index (χ4n) is 3.49. The van der Waals surface area contributed by atoms with E-state index in [-0.39, 0.29) is 6.61 Å². The summed E-state index contributed by atoms with van der Waals surface area (Å²) in [6.45, 7) is 10.6. The summed E-state index contributed by atoms with van der Waals surface area (Å²) < 4.78 is 0. The normalized spacial score (nSPS) is 31.5. The molecule has 4 nitrogen and oxygen atoms in total. The van der Waals surface area contributed by atoms with E-state index in [1.54, 1.807) is 0 Å². The predicted octanol–water partition coefficient (Wildman–Crippen LogP) is 0.515. The number of nitrogens with one attached hydrogen (secondary N) is 1. The van der Waals surface area contributed by atoms with E-state index in [4.69, 9.17) is 5.11 Å². The second kappa shape index (κ2) is 6.85. The van der Waals surface area contributed by atoms with Crippen LogP contribution in [0, 0.1) is 0 Å². The first-order valence-corrected chi connectivity index (χ1v) is 7.57. The number of hydrogen-bond donors (Lipinski definition) is 2. The van der Waals surface area contributed by atoms with Gasteiger partial charge >= 0.3 is 0 Å². The standard InChI is InChI=1S/C14H29N3O/c1-3-15-13(6-8-18)10-17-11-14-5-4-7-16(14)9-12(17)2/h12-15,18H,3-11H2,1-2H3. The van der Waals surface area contributed by atoms with Gasteiger partial charge in [0.05, 0.1) is 0 Å². The van der Waals surface area contributed by atoms with Gasteiger partial charge in [-0.25, -0.2) is 0 Å². The Morgan fingerprint density at radius 1 is 1.39 bits per heavy atom. The third kappa shape index (κ3) is 3.44. The molecule has 2 N–H and O–H groups in total. The first-order valence-electron chi connectivity index (χ1n) is 7.57. The lowest BCUT2D eigenvalue weighted by Gasteiger charge is -2.43. The van der Waals surface area contributed by atoms with Gasteiger partial charge in [-0.2, -0.15) is 0 Å². The second-order valence-corrected chi connectivity index (χ2v) is 5.86. The third-order valence-electron chi connectivity index (χ3n) is 4.49. The van der Waals surface area contributed by atoms with Crippen LogP contribution in [-0.2, 0) is 0 Å². The topological polar surface area (TPSA) is 38.7 Å². The van der Waals surface area contributed by atoms with Gasteiger partial charge in [0, 0.05) is 44.4 Å². The minimum atomic E-state index is 0.287. The van der Waals surface area contributed by atoms with Gasteiger partial charge in [0.15, 0.2) is 0 Å². The van der Waals surface area contributed by atoms with Gasteiger partial charge in [-0.3, -0.25) is 9.80 Å². The van der Waals surface area contributed by atoms with Crippen molar-refractivity contribution in [1.82, 2.24) is 15.1 Å². The number of likely N-dealkylation sites (N-methyl/N-ethyl adjacent to an activating group) is 1. The number of fused-ring (bicyclic) bond motifs is 1. The molecule has 2 aliphatic heterocycles. The van der Waals surface area contributed by atoms with Gasteiger partial charge in [0.1, 0.15) is 0 Å². The smallest absolute Gasteiger partial charge is 0.0446 e. The number of nitrogens with zero attached hydrogens (tertiary/aromatic N) is 2. The summed E-state index contributed by atoms with van der Waals surface area (Å²) in [5, 5.41) is 12.6. The largest absolute Gasteiger partial charge is 0.396 e. The zero-order valence-electron chi connectivity index (χ0n) is 11.9. The lowest BCUT2D eigenvalue weighted by Crippen LogP contribution is -2.57. The Kier molecular flexibility index (Phi) is 5.42. The van der Waals surface area contributed by atoms with Crippen LogP contribution < -0.4 is 5.32 Å². The molecule has 0 spiro atoms.